The first-order chi connectivity index (χ1) is 8.65. The zero-order chi connectivity index (χ0) is 13.0. The maximum absolute atomic E-state index is 12.0. The molecule has 0 aromatic heterocycles. The normalized spacial score (nSPS) is 16.3. The lowest BCUT2D eigenvalue weighted by atomic mass is 10.0. The second-order valence-electron chi connectivity index (χ2n) is 5.14. The maximum Gasteiger partial charge on any atom is 0.163 e. The van der Waals surface area contributed by atoms with Crippen molar-refractivity contribution in [1.82, 2.24) is 0 Å². The van der Waals surface area contributed by atoms with Crippen LogP contribution in [0.2, 0.25) is 0 Å². The first kappa shape index (κ1) is 13.1. The van der Waals surface area contributed by atoms with E-state index in [4.69, 9.17) is 10.5 Å². The van der Waals surface area contributed by atoms with Crippen molar-refractivity contribution in [2.24, 2.45) is 5.73 Å². The van der Waals surface area contributed by atoms with Crippen molar-refractivity contribution in [3.05, 3.63) is 29.8 Å². The highest BCUT2D eigenvalue weighted by molar-refractivity contribution is 5.96. The molecule has 0 amide bonds. The van der Waals surface area contributed by atoms with Crippen molar-refractivity contribution in [2.45, 2.75) is 51.2 Å². The van der Waals surface area contributed by atoms with E-state index in [1.54, 1.807) is 0 Å². The van der Waals surface area contributed by atoms with Gasteiger partial charge in [0.25, 0.3) is 0 Å². The third-order valence-electron chi connectivity index (χ3n) is 3.05. The molecule has 1 atom stereocenters. The molecule has 0 heterocycles. The summed E-state index contributed by atoms with van der Waals surface area (Å²) in [6, 6.07) is 7.68. The Balaban J connectivity index is 1.88. The van der Waals surface area contributed by atoms with Gasteiger partial charge >= 0.3 is 0 Å². The monoisotopic (exact) mass is 247 g/mol. The predicted molar refractivity (Wildman–Crippen MR) is 71.9 cm³/mol. The van der Waals surface area contributed by atoms with E-state index in [0.717, 1.165) is 37.0 Å². The first-order valence-electron chi connectivity index (χ1n) is 6.70. The molecule has 0 bridgehead atoms. The summed E-state index contributed by atoms with van der Waals surface area (Å²) < 4.78 is 5.69. The summed E-state index contributed by atoms with van der Waals surface area (Å²) in [5.41, 5.74) is 6.42. The average molecular weight is 247 g/mol. The Bertz CT molecular complexity index is 411. The largest absolute Gasteiger partial charge is 0.490 e. The second-order valence-corrected chi connectivity index (χ2v) is 5.14. The van der Waals surface area contributed by atoms with E-state index in [9.17, 15) is 4.79 Å². The lowest BCUT2D eigenvalue weighted by Crippen LogP contribution is -2.14. The van der Waals surface area contributed by atoms with Crippen molar-refractivity contribution in [3.63, 3.8) is 0 Å². The van der Waals surface area contributed by atoms with E-state index in [0.29, 0.717) is 12.5 Å². The number of ketones is 1. The molecule has 3 heteroatoms. The van der Waals surface area contributed by atoms with Crippen LogP contribution in [0, 0.1) is 0 Å². The highest BCUT2D eigenvalue weighted by Crippen LogP contribution is 2.27. The predicted octanol–water partition coefficient (Wildman–Crippen LogP) is 2.93. The van der Waals surface area contributed by atoms with Crippen molar-refractivity contribution in [1.29, 1.82) is 0 Å². The number of nitrogens with two attached hydrogens (primary N) is 1. The summed E-state index contributed by atoms with van der Waals surface area (Å²) in [6.07, 6.45) is 4.94. The van der Waals surface area contributed by atoms with Gasteiger partial charge in [-0.2, -0.15) is 0 Å². The Morgan fingerprint density at radius 2 is 2.28 bits per heavy atom. The first-order valence-corrected chi connectivity index (χ1v) is 6.70. The zero-order valence-electron chi connectivity index (χ0n) is 10.9. The molecule has 1 fully saturated rings. The van der Waals surface area contributed by atoms with Gasteiger partial charge in [0.05, 0.1) is 6.10 Å². The zero-order valence-corrected chi connectivity index (χ0v) is 10.9. The fourth-order valence-corrected chi connectivity index (χ4v) is 1.85. The number of hydrogen-bond acceptors (Lipinski definition) is 3. The maximum atomic E-state index is 12.0. The smallest absolute Gasteiger partial charge is 0.163 e. The van der Waals surface area contributed by atoms with E-state index >= 15 is 0 Å². The molecule has 2 N–H and O–H groups in total. The quantitative estimate of drug-likeness (QED) is 0.754. The number of hydrogen-bond donors (Lipinski definition) is 1. The van der Waals surface area contributed by atoms with Gasteiger partial charge in [-0.05, 0) is 44.7 Å². The van der Waals surface area contributed by atoms with Crippen LogP contribution in [0.25, 0.3) is 0 Å². The van der Waals surface area contributed by atoms with Gasteiger partial charge in [-0.25, -0.2) is 0 Å². The molecule has 0 aliphatic heterocycles. The minimum Gasteiger partial charge on any atom is -0.490 e. The van der Waals surface area contributed by atoms with Crippen LogP contribution in [-0.2, 0) is 0 Å². The number of benzene rings is 1. The highest BCUT2D eigenvalue weighted by atomic mass is 16.5. The summed E-state index contributed by atoms with van der Waals surface area (Å²) in [4.78, 5) is 12.0. The number of carbonyl (C=O) groups is 1. The summed E-state index contributed by atoms with van der Waals surface area (Å²) in [6.45, 7) is 1.97. The lowest BCUT2D eigenvalue weighted by molar-refractivity contribution is 0.0978. The molecular formula is C15H21NO2. The fraction of sp³-hybridized carbons (Fsp3) is 0.533. The van der Waals surface area contributed by atoms with Crippen LogP contribution >= 0.6 is 0 Å². The minimum atomic E-state index is 0.169. The second kappa shape index (κ2) is 6.01. The molecule has 3 nitrogen and oxygen atoms in total. The Morgan fingerprint density at radius 1 is 1.50 bits per heavy atom. The summed E-state index contributed by atoms with van der Waals surface area (Å²) in [7, 11) is 0. The van der Waals surface area contributed by atoms with Gasteiger partial charge in [-0.1, -0.05) is 12.1 Å². The van der Waals surface area contributed by atoms with E-state index in [-0.39, 0.29) is 11.8 Å². The molecule has 2 rings (SSSR count). The number of rotatable bonds is 7. The highest BCUT2D eigenvalue weighted by Gasteiger charge is 2.23. The molecule has 0 saturated heterocycles. The Hall–Kier alpha value is -1.35. The molecular weight excluding hydrogens is 226 g/mol. The molecule has 1 aromatic rings. The molecule has 18 heavy (non-hydrogen) atoms. The molecule has 98 valence electrons. The molecule has 1 aliphatic carbocycles. The Labute approximate surface area is 108 Å². The lowest BCUT2D eigenvalue weighted by Gasteiger charge is -2.07. The van der Waals surface area contributed by atoms with Gasteiger partial charge in [-0.3, -0.25) is 4.79 Å². The number of ether oxygens (including phenoxy) is 1. The van der Waals surface area contributed by atoms with E-state index < -0.39 is 0 Å². The summed E-state index contributed by atoms with van der Waals surface area (Å²) in [5, 5.41) is 0. The average Bonchev–Trinajstić information content (AvgIpc) is 3.13. The van der Waals surface area contributed by atoms with Crippen LogP contribution in [0.4, 0.5) is 0 Å². The van der Waals surface area contributed by atoms with Crippen molar-refractivity contribution < 1.29 is 9.53 Å². The summed E-state index contributed by atoms with van der Waals surface area (Å²) in [5.74, 6) is 0.993. The Morgan fingerprint density at radius 3 is 2.94 bits per heavy atom. The Kier molecular flexibility index (Phi) is 4.37. The van der Waals surface area contributed by atoms with Crippen molar-refractivity contribution in [2.75, 3.05) is 0 Å². The standard InChI is InChI=1S/C15H21NO2/c1-11(16)4-2-7-15(17)12-5-3-6-14(10-12)18-13-8-9-13/h3,5-6,10-11,13H,2,4,7-9,16H2,1H3. The molecule has 0 spiro atoms. The van der Waals surface area contributed by atoms with Gasteiger partial charge in [0.1, 0.15) is 5.75 Å². The molecule has 1 aromatic carbocycles. The third kappa shape index (κ3) is 4.15. The number of carbonyl (C=O) groups excluding carboxylic acids is 1. The van der Waals surface area contributed by atoms with Crippen molar-refractivity contribution >= 4 is 5.78 Å². The van der Waals surface area contributed by atoms with E-state index in [1.807, 2.05) is 31.2 Å². The van der Waals surface area contributed by atoms with Crippen LogP contribution in [0.15, 0.2) is 24.3 Å². The van der Waals surface area contributed by atoms with Crippen LogP contribution in [-0.4, -0.2) is 17.9 Å². The van der Waals surface area contributed by atoms with Crippen LogP contribution in [0.1, 0.15) is 49.4 Å². The van der Waals surface area contributed by atoms with Crippen LogP contribution in [0.3, 0.4) is 0 Å². The van der Waals surface area contributed by atoms with Crippen molar-refractivity contribution in [3.8, 4) is 5.75 Å². The minimum absolute atomic E-state index is 0.169. The van der Waals surface area contributed by atoms with Gasteiger partial charge in [0, 0.05) is 18.0 Å². The fourth-order valence-electron chi connectivity index (χ4n) is 1.85. The third-order valence-corrected chi connectivity index (χ3v) is 3.05. The van der Waals surface area contributed by atoms with Crippen LogP contribution in [0.5, 0.6) is 5.75 Å². The molecule has 1 aliphatic rings. The van der Waals surface area contributed by atoms with Gasteiger partial charge in [-0.15, -0.1) is 0 Å². The molecule has 1 unspecified atom stereocenters. The number of Topliss-reactive ketones (excluding diaryl/α,β-unsaturated/α-hetero) is 1. The molecule has 0 radical (unpaired) electrons. The van der Waals surface area contributed by atoms with E-state index in [1.165, 1.54) is 0 Å². The molecule has 1 saturated carbocycles. The van der Waals surface area contributed by atoms with Gasteiger partial charge in [0.15, 0.2) is 5.78 Å². The van der Waals surface area contributed by atoms with E-state index in [2.05, 4.69) is 0 Å². The van der Waals surface area contributed by atoms with Crippen LogP contribution < -0.4 is 10.5 Å². The van der Waals surface area contributed by atoms with Gasteiger partial charge in [0.2, 0.25) is 0 Å². The van der Waals surface area contributed by atoms with Gasteiger partial charge < -0.3 is 10.5 Å². The topological polar surface area (TPSA) is 52.3 Å². The summed E-state index contributed by atoms with van der Waals surface area (Å²) >= 11 is 0. The SMILES string of the molecule is CC(N)CCCC(=O)c1cccc(OC2CC2)c1.